The van der Waals surface area contributed by atoms with Crippen LogP contribution < -0.4 is 15.8 Å². The summed E-state index contributed by atoms with van der Waals surface area (Å²) in [5.74, 6) is 0.994. The molecule has 0 unspecified atom stereocenters. The molecule has 5 heteroatoms. The minimum absolute atomic E-state index is 0.0275. The molecule has 0 fully saturated rings. The maximum atomic E-state index is 11.7. The second kappa shape index (κ2) is 6.96. The van der Waals surface area contributed by atoms with Gasteiger partial charge >= 0.3 is 0 Å². The average molecular weight is 276 g/mol. The number of rotatable bonds is 7. The number of carbonyl (C=O) groups excluding carboxylic acids is 1. The number of benzene rings is 1. The molecule has 0 aliphatic heterocycles. The van der Waals surface area contributed by atoms with Crippen LogP contribution in [0.15, 0.2) is 28.7 Å². The van der Waals surface area contributed by atoms with E-state index in [-0.39, 0.29) is 19.1 Å². The molecule has 1 aromatic carbocycles. The first-order valence-electron chi connectivity index (χ1n) is 6.86. The molecule has 1 aromatic heterocycles. The lowest BCUT2D eigenvalue weighted by molar-refractivity contribution is -0.123. The molecule has 0 aliphatic rings. The predicted octanol–water partition coefficient (Wildman–Crippen LogP) is 2.19. The molecule has 2 rings (SSSR count). The monoisotopic (exact) mass is 276 g/mol. The highest BCUT2D eigenvalue weighted by Crippen LogP contribution is 2.32. The van der Waals surface area contributed by atoms with Crippen molar-refractivity contribution in [2.45, 2.75) is 26.3 Å². The summed E-state index contributed by atoms with van der Waals surface area (Å²) >= 11 is 0. The molecule has 0 radical (unpaired) electrons. The van der Waals surface area contributed by atoms with E-state index in [9.17, 15) is 4.79 Å². The Balaban J connectivity index is 2.03. The number of para-hydroxylation sites is 1. The van der Waals surface area contributed by atoms with Crippen molar-refractivity contribution in [1.29, 1.82) is 0 Å². The van der Waals surface area contributed by atoms with Crippen LogP contribution in [0.2, 0.25) is 0 Å². The van der Waals surface area contributed by atoms with Gasteiger partial charge in [-0.05, 0) is 18.6 Å². The number of nitrogens with two attached hydrogens (primary N) is 1. The first-order valence-corrected chi connectivity index (χ1v) is 6.86. The van der Waals surface area contributed by atoms with Crippen LogP contribution in [0.3, 0.4) is 0 Å². The Morgan fingerprint density at radius 3 is 2.95 bits per heavy atom. The molecule has 0 aliphatic carbocycles. The molecular formula is C15H20N2O3. The molecule has 0 saturated heterocycles. The molecule has 3 N–H and O–H groups in total. The SMILES string of the molecule is CCCCNC(=O)COc1c(CN)oc2ccccc12. The van der Waals surface area contributed by atoms with Crippen LogP contribution >= 0.6 is 0 Å². The van der Waals surface area contributed by atoms with Gasteiger partial charge in [-0.25, -0.2) is 0 Å². The van der Waals surface area contributed by atoms with Gasteiger partial charge in [0.15, 0.2) is 18.1 Å². The number of furan rings is 1. The Labute approximate surface area is 118 Å². The number of hydrogen-bond acceptors (Lipinski definition) is 4. The summed E-state index contributed by atoms with van der Waals surface area (Å²) in [4.78, 5) is 11.7. The summed E-state index contributed by atoms with van der Waals surface area (Å²) in [6, 6.07) is 7.52. The van der Waals surface area contributed by atoms with Gasteiger partial charge in [-0.2, -0.15) is 0 Å². The second-order valence-electron chi connectivity index (χ2n) is 4.55. The van der Waals surface area contributed by atoms with Gasteiger partial charge in [-0.1, -0.05) is 25.5 Å². The Bertz CT molecular complexity index is 578. The van der Waals surface area contributed by atoms with Gasteiger partial charge in [0, 0.05) is 6.54 Å². The Hall–Kier alpha value is -2.01. The van der Waals surface area contributed by atoms with Gasteiger partial charge < -0.3 is 20.2 Å². The maximum absolute atomic E-state index is 11.7. The molecule has 1 heterocycles. The Morgan fingerprint density at radius 1 is 1.40 bits per heavy atom. The van der Waals surface area contributed by atoms with Crippen LogP contribution in [-0.2, 0) is 11.3 Å². The molecule has 0 bridgehead atoms. The maximum Gasteiger partial charge on any atom is 0.257 e. The molecule has 2 aromatic rings. The molecular weight excluding hydrogens is 256 g/mol. The highest BCUT2D eigenvalue weighted by molar-refractivity contribution is 5.86. The number of unbranched alkanes of at least 4 members (excludes halogenated alkanes) is 1. The number of fused-ring (bicyclic) bond motifs is 1. The van der Waals surface area contributed by atoms with E-state index >= 15 is 0 Å². The van der Waals surface area contributed by atoms with Crippen molar-refractivity contribution in [2.24, 2.45) is 5.73 Å². The Morgan fingerprint density at radius 2 is 2.20 bits per heavy atom. The Kier molecular flexibility index (Phi) is 5.01. The van der Waals surface area contributed by atoms with Gasteiger partial charge in [-0.3, -0.25) is 4.79 Å². The minimum atomic E-state index is -0.133. The van der Waals surface area contributed by atoms with Crippen molar-refractivity contribution < 1.29 is 13.9 Å². The molecule has 1 amide bonds. The lowest BCUT2D eigenvalue weighted by Crippen LogP contribution is -2.29. The standard InChI is InChI=1S/C15H20N2O3/c1-2-3-8-17-14(18)10-19-15-11-6-4-5-7-12(11)20-13(15)9-16/h4-7H,2-3,8-10,16H2,1H3,(H,17,18). The van der Waals surface area contributed by atoms with Crippen LogP contribution in [0.1, 0.15) is 25.5 Å². The van der Waals surface area contributed by atoms with Gasteiger partial charge in [0.1, 0.15) is 5.58 Å². The lowest BCUT2D eigenvalue weighted by atomic mass is 10.2. The zero-order valence-corrected chi connectivity index (χ0v) is 11.6. The van der Waals surface area contributed by atoms with E-state index in [1.165, 1.54) is 0 Å². The quantitative estimate of drug-likeness (QED) is 0.760. The van der Waals surface area contributed by atoms with Crippen LogP contribution in [0.25, 0.3) is 11.0 Å². The number of hydrogen-bond donors (Lipinski definition) is 2. The number of nitrogens with one attached hydrogen (secondary N) is 1. The largest absolute Gasteiger partial charge is 0.479 e. The van der Waals surface area contributed by atoms with Crippen molar-refractivity contribution in [3.63, 3.8) is 0 Å². The second-order valence-corrected chi connectivity index (χ2v) is 4.55. The summed E-state index contributed by atoms with van der Waals surface area (Å²) in [7, 11) is 0. The van der Waals surface area contributed by atoms with Crippen molar-refractivity contribution >= 4 is 16.9 Å². The van der Waals surface area contributed by atoms with E-state index in [1.807, 2.05) is 24.3 Å². The lowest BCUT2D eigenvalue weighted by Gasteiger charge is -2.07. The normalized spacial score (nSPS) is 10.7. The first kappa shape index (κ1) is 14.4. The molecule has 0 atom stereocenters. The van der Waals surface area contributed by atoms with E-state index in [0.29, 0.717) is 23.6 Å². The molecule has 0 spiro atoms. The van der Waals surface area contributed by atoms with Crippen molar-refractivity contribution in [3.8, 4) is 5.75 Å². The van der Waals surface area contributed by atoms with Crippen LogP contribution in [0.4, 0.5) is 0 Å². The third kappa shape index (κ3) is 3.30. The van der Waals surface area contributed by atoms with Crippen LogP contribution in [0.5, 0.6) is 5.75 Å². The van der Waals surface area contributed by atoms with Crippen LogP contribution in [0, 0.1) is 0 Å². The first-order chi connectivity index (χ1) is 9.76. The van der Waals surface area contributed by atoms with Gasteiger partial charge in [0.25, 0.3) is 5.91 Å². The fourth-order valence-corrected chi connectivity index (χ4v) is 1.96. The zero-order valence-electron chi connectivity index (χ0n) is 11.6. The molecule has 108 valence electrons. The highest BCUT2D eigenvalue weighted by atomic mass is 16.5. The number of amides is 1. The number of ether oxygens (including phenoxy) is 1. The molecule has 0 saturated carbocycles. The van der Waals surface area contributed by atoms with Crippen molar-refractivity contribution in [3.05, 3.63) is 30.0 Å². The van der Waals surface area contributed by atoms with Crippen molar-refractivity contribution in [2.75, 3.05) is 13.2 Å². The van der Waals surface area contributed by atoms with E-state index in [4.69, 9.17) is 14.9 Å². The summed E-state index contributed by atoms with van der Waals surface area (Å²) in [6.45, 7) is 2.96. The molecule has 20 heavy (non-hydrogen) atoms. The third-order valence-electron chi connectivity index (χ3n) is 3.00. The highest BCUT2D eigenvalue weighted by Gasteiger charge is 2.15. The van der Waals surface area contributed by atoms with Gasteiger partial charge in [0.2, 0.25) is 0 Å². The van der Waals surface area contributed by atoms with E-state index < -0.39 is 0 Å². The predicted molar refractivity (Wildman–Crippen MR) is 77.5 cm³/mol. The summed E-state index contributed by atoms with van der Waals surface area (Å²) < 4.78 is 11.2. The topological polar surface area (TPSA) is 77.5 Å². The smallest absolute Gasteiger partial charge is 0.257 e. The summed E-state index contributed by atoms with van der Waals surface area (Å²) in [5, 5.41) is 3.65. The van der Waals surface area contributed by atoms with E-state index in [2.05, 4.69) is 12.2 Å². The third-order valence-corrected chi connectivity index (χ3v) is 3.00. The number of carbonyl (C=O) groups is 1. The fraction of sp³-hybridized carbons (Fsp3) is 0.400. The van der Waals surface area contributed by atoms with Gasteiger partial charge in [0.05, 0.1) is 11.9 Å². The summed E-state index contributed by atoms with van der Waals surface area (Å²) in [6.07, 6.45) is 2.01. The van der Waals surface area contributed by atoms with Crippen LogP contribution in [-0.4, -0.2) is 19.1 Å². The van der Waals surface area contributed by atoms with Crippen molar-refractivity contribution in [1.82, 2.24) is 5.32 Å². The average Bonchev–Trinajstić information content (AvgIpc) is 2.83. The zero-order chi connectivity index (χ0) is 14.4. The van der Waals surface area contributed by atoms with E-state index in [1.54, 1.807) is 0 Å². The van der Waals surface area contributed by atoms with Gasteiger partial charge in [-0.15, -0.1) is 0 Å². The fourth-order valence-electron chi connectivity index (χ4n) is 1.96. The minimum Gasteiger partial charge on any atom is -0.479 e. The molecule has 5 nitrogen and oxygen atoms in total. The van der Waals surface area contributed by atoms with E-state index in [0.717, 1.165) is 18.2 Å². The summed E-state index contributed by atoms with van der Waals surface area (Å²) in [5.41, 5.74) is 6.36.